The minimum atomic E-state index is -0.0737. The van der Waals surface area contributed by atoms with Gasteiger partial charge in [0.15, 0.2) is 5.78 Å². The van der Waals surface area contributed by atoms with Gasteiger partial charge < -0.3 is 9.47 Å². The number of amides is 1. The fraction of sp³-hybridized carbons (Fsp3) is 0.273. The van der Waals surface area contributed by atoms with E-state index in [4.69, 9.17) is 0 Å². The third-order valence-electron chi connectivity index (χ3n) is 5.07. The summed E-state index contributed by atoms with van der Waals surface area (Å²) in [4.78, 5) is 27.4. The number of para-hydroxylation sites is 2. The van der Waals surface area contributed by atoms with E-state index in [0.29, 0.717) is 5.56 Å². The normalized spacial score (nSPS) is 13.4. The molecular formula is C22H22N2O2. The second kappa shape index (κ2) is 6.45. The highest BCUT2D eigenvalue weighted by Crippen LogP contribution is 2.29. The molecule has 1 aliphatic heterocycles. The average molecular weight is 346 g/mol. The van der Waals surface area contributed by atoms with Gasteiger partial charge in [-0.15, -0.1) is 0 Å². The van der Waals surface area contributed by atoms with E-state index in [1.807, 2.05) is 72.0 Å². The predicted molar refractivity (Wildman–Crippen MR) is 104 cm³/mol. The van der Waals surface area contributed by atoms with E-state index in [-0.39, 0.29) is 24.2 Å². The van der Waals surface area contributed by atoms with Crippen LogP contribution in [0.15, 0.2) is 54.7 Å². The Labute approximate surface area is 153 Å². The van der Waals surface area contributed by atoms with Crippen LogP contribution in [0.5, 0.6) is 0 Å². The topological polar surface area (TPSA) is 42.3 Å². The number of benzene rings is 2. The van der Waals surface area contributed by atoms with Gasteiger partial charge in [-0.2, -0.15) is 0 Å². The molecule has 0 unspecified atom stereocenters. The molecule has 1 aromatic heterocycles. The summed E-state index contributed by atoms with van der Waals surface area (Å²) in [5.41, 5.74) is 3.85. The summed E-state index contributed by atoms with van der Waals surface area (Å²) in [6.07, 6.45) is 2.73. The van der Waals surface area contributed by atoms with Crippen LogP contribution >= 0.6 is 0 Å². The smallest absolute Gasteiger partial charge is 0.246 e. The molecule has 0 atom stereocenters. The van der Waals surface area contributed by atoms with Crippen LogP contribution in [0.4, 0.5) is 5.69 Å². The number of hydrogen-bond acceptors (Lipinski definition) is 2. The first-order valence-corrected chi connectivity index (χ1v) is 9.06. The number of hydrogen-bond donors (Lipinski definition) is 0. The van der Waals surface area contributed by atoms with Crippen molar-refractivity contribution in [1.82, 2.24) is 4.57 Å². The first kappa shape index (κ1) is 16.6. The quantitative estimate of drug-likeness (QED) is 0.668. The molecule has 132 valence electrons. The fourth-order valence-electron chi connectivity index (χ4n) is 3.71. The SMILES string of the molecule is CC(C)C(=O)c1cn(CC(=O)N2CCc3ccccc32)c2ccccc12. The van der Waals surface area contributed by atoms with Crippen molar-refractivity contribution in [3.63, 3.8) is 0 Å². The van der Waals surface area contributed by atoms with Crippen molar-refractivity contribution in [1.29, 1.82) is 0 Å². The zero-order chi connectivity index (χ0) is 18.3. The molecule has 0 spiro atoms. The Morgan fingerprint density at radius 3 is 2.58 bits per heavy atom. The Morgan fingerprint density at radius 1 is 1.04 bits per heavy atom. The van der Waals surface area contributed by atoms with Gasteiger partial charge in [-0.25, -0.2) is 0 Å². The van der Waals surface area contributed by atoms with Gasteiger partial charge in [0, 0.05) is 40.8 Å². The molecular weight excluding hydrogens is 324 g/mol. The molecule has 0 radical (unpaired) electrons. The first-order valence-electron chi connectivity index (χ1n) is 9.06. The van der Waals surface area contributed by atoms with Crippen LogP contribution in [0.1, 0.15) is 29.8 Å². The van der Waals surface area contributed by atoms with E-state index in [1.54, 1.807) is 0 Å². The predicted octanol–water partition coefficient (Wildman–Crippen LogP) is 4.07. The largest absolute Gasteiger partial charge is 0.337 e. The van der Waals surface area contributed by atoms with Crippen molar-refractivity contribution in [2.75, 3.05) is 11.4 Å². The third-order valence-corrected chi connectivity index (χ3v) is 5.07. The summed E-state index contributed by atoms with van der Waals surface area (Å²) in [5.74, 6) is 0.0913. The molecule has 2 aromatic carbocycles. The highest BCUT2D eigenvalue weighted by Gasteiger charge is 2.25. The van der Waals surface area contributed by atoms with Crippen molar-refractivity contribution < 1.29 is 9.59 Å². The molecule has 0 aliphatic carbocycles. The van der Waals surface area contributed by atoms with Gasteiger partial charge in [0.2, 0.25) is 5.91 Å². The summed E-state index contributed by atoms with van der Waals surface area (Å²) in [5, 5.41) is 0.917. The second-order valence-corrected chi connectivity index (χ2v) is 7.13. The summed E-state index contributed by atoms with van der Waals surface area (Å²) in [6.45, 7) is 4.76. The van der Waals surface area contributed by atoms with E-state index >= 15 is 0 Å². The fourth-order valence-corrected chi connectivity index (χ4v) is 3.71. The molecule has 4 rings (SSSR count). The van der Waals surface area contributed by atoms with Gasteiger partial charge in [0.1, 0.15) is 6.54 Å². The van der Waals surface area contributed by atoms with Crippen molar-refractivity contribution in [3.8, 4) is 0 Å². The number of anilines is 1. The number of Topliss-reactive ketones (excluding diaryl/α,β-unsaturated/α-hetero) is 1. The lowest BCUT2D eigenvalue weighted by Gasteiger charge is -2.18. The Hall–Kier alpha value is -2.88. The second-order valence-electron chi connectivity index (χ2n) is 7.13. The standard InChI is InChI=1S/C22H22N2O2/c1-15(2)22(26)18-13-23(20-10-6-4-8-17(18)20)14-21(25)24-12-11-16-7-3-5-9-19(16)24/h3-10,13,15H,11-12,14H2,1-2H3. The van der Waals surface area contributed by atoms with Crippen LogP contribution in [-0.4, -0.2) is 22.8 Å². The number of nitrogens with zero attached hydrogens (tertiary/aromatic N) is 2. The lowest BCUT2D eigenvalue weighted by atomic mass is 10.0. The van der Waals surface area contributed by atoms with Crippen molar-refractivity contribution in [3.05, 3.63) is 65.9 Å². The molecule has 0 saturated heterocycles. The van der Waals surface area contributed by atoms with Crippen molar-refractivity contribution in [2.24, 2.45) is 5.92 Å². The van der Waals surface area contributed by atoms with Crippen LogP contribution < -0.4 is 4.90 Å². The summed E-state index contributed by atoms with van der Waals surface area (Å²) >= 11 is 0. The van der Waals surface area contributed by atoms with Crippen molar-refractivity contribution in [2.45, 2.75) is 26.8 Å². The molecule has 2 heterocycles. The zero-order valence-corrected chi connectivity index (χ0v) is 15.1. The van der Waals surface area contributed by atoms with Gasteiger partial charge in [-0.1, -0.05) is 50.2 Å². The van der Waals surface area contributed by atoms with E-state index in [0.717, 1.165) is 29.6 Å². The first-order chi connectivity index (χ1) is 12.6. The Balaban J connectivity index is 1.68. The molecule has 1 amide bonds. The van der Waals surface area contributed by atoms with Gasteiger partial charge in [-0.3, -0.25) is 9.59 Å². The third kappa shape index (κ3) is 2.71. The molecule has 0 saturated carbocycles. The number of rotatable bonds is 4. The maximum atomic E-state index is 13.0. The molecule has 0 bridgehead atoms. The van der Waals surface area contributed by atoms with Crippen LogP contribution in [0.25, 0.3) is 10.9 Å². The number of fused-ring (bicyclic) bond motifs is 2. The van der Waals surface area contributed by atoms with Gasteiger partial charge in [0.25, 0.3) is 0 Å². The van der Waals surface area contributed by atoms with Gasteiger partial charge in [-0.05, 0) is 24.1 Å². The Bertz CT molecular complexity index is 1000. The molecule has 0 N–H and O–H groups in total. The molecule has 4 nitrogen and oxygen atoms in total. The number of aromatic nitrogens is 1. The van der Waals surface area contributed by atoms with Gasteiger partial charge in [0.05, 0.1) is 0 Å². The molecule has 0 fully saturated rings. The molecule has 3 aromatic rings. The highest BCUT2D eigenvalue weighted by atomic mass is 16.2. The van der Waals surface area contributed by atoms with Crippen LogP contribution in [0.2, 0.25) is 0 Å². The molecule has 1 aliphatic rings. The average Bonchev–Trinajstić information content (AvgIpc) is 3.23. The van der Waals surface area contributed by atoms with Crippen molar-refractivity contribution >= 4 is 28.3 Å². The van der Waals surface area contributed by atoms with E-state index in [9.17, 15) is 9.59 Å². The highest BCUT2D eigenvalue weighted by molar-refractivity contribution is 6.09. The Morgan fingerprint density at radius 2 is 1.77 bits per heavy atom. The zero-order valence-electron chi connectivity index (χ0n) is 15.1. The van der Waals surface area contributed by atoms with Gasteiger partial charge >= 0.3 is 0 Å². The lowest BCUT2D eigenvalue weighted by molar-refractivity contribution is -0.119. The Kier molecular flexibility index (Phi) is 4.11. The maximum Gasteiger partial charge on any atom is 0.246 e. The number of carbonyl (C=O) groups is 2. The van der Waals surface area contributed by atoms with E-state index < -0.39 is 0 Å². The summed E-state index contributed by atoms with van der Waals surface area (Å²) in [6, 6.07) is 15.9. The number of ketones is 1. The van der Waals surface area contributed by atoms with Crippen LogP contribution in [0.3, 0.4) is 0 Å². The summed E-state index contributed by atoms with van der Waals surface area (Å²) in [7, 11) is 0. The van der Waals surface area contributed by atoms with Crippen LogP contribution in [-0.2, 0) is 17.8 Å². The minimum Gasteiger partial charge on any atom is -0.337 e. The molecule has 4 heteroatoms. The maximum absolute atomic E-state index is 13.0. The molecule has 26 heavy (non-hydrogen) atoms. The van der Waals surface area contributed by atoms with E-state index in [1.165, 1.54) is 5.56 Å². The monoisotopic (exact) mass is 346 g/mol. The van der Waals surface area contributed by atoms with Crippen LogP contribution in [0, 0.1) is 5.92 Å². The van der Waals surface area contributed by atoms with E-state index in [2.05, 4.69) is 6.07 Å². The summed E-state index contributed by atoms with van der Waals surface area (Å²) < 4.78 is 1.91. The number of carbonyl (C=O) groups excluding carboxylic acids is 2. The minimum absolute atomic E-state index is 0.0549. The lowest BCUT2D eigenvalue weighted by Crippen LogP contribution is -2.32.